The third kappa shape index (κ3) is 3.41. The summed E-state index contributed by atoms with van der Waals surface area (Å²) in [5, 5.41) is 0.998. The topological polar surface area (TPSA) is 48.1 Å². The standard InChI is InChI=1S/C17H24N2O/c1-3-5-8-13(4-2)12-20-17-14-9-6-7-10-16(14)19-11-15(17)18/h6-7,9-11,13H,3-5,8,12,18H2,1-2H3. The Morgan fingerprint density at radius 3 is 2.80 bits per heavy atom. The average molecular weight is 272 g/mol. The minimum absolute atomic E-state index is 0.598. The zero-order chi connectivity index (χ0) is 14.4. The molecular weight excluding hydrogens is 248 g/mol. The van der Waals surface area contributed by atoms with Crippen molar-refractivity contribution in [1.29, 1.82) is 0 Å². The quantitative estimate of drug-likeness (QED) is 0.812. The van der Waals surface area contributed by atoms with E-state index in [0.717, 1.165) is 29.7 Å². The van der Waals surface area contributed by atoms with Crippen LogP contribution in [0.3, 0.4) is 0 Å². The zero-order valence-electron chi connectivity index (χ0n) is 12.4. The molecule has 0 aliphatic rings. The van der Waals surface area contributed by atoms with E-state index >= 15 is 0 Å². The lowest BCUT2D eigenvalue weighted by atomic mass is 10.0. The van der Waals surface area contributed by atoms with Gasteiger partial charge in [-0.05, 0) is 24.5 Å². The van der Waals surface area contributed by atoms with Gasteiger partial charge in [-0.1, -0.05) is 45.2 Å². The molecule has 20 heavy (non-hydrogen) atoms. The molecule has 2 aromatic rings. The fourth-order valence-electron chi connectivity index (χ4n) is 2.39. The highest BCUT2D eigenvalue weighted by atomic mass is 16.5. The van der Waals surface area contributed by atoms with Gasteiger partial charge in [0.25, 0.3) is 0 Å². The summed E-state index contributed by atoms with van der Waals surface area (Å²) in [4.78, 5) is 4.33. The van der Waals surface area contributed by atoms with Gasteiger partial charge < -0.3 is 10.5 Å². The van der Waals surface area contributed by atoms with Gasteiger partial charge in [0.2, 0.25) is 0 Å². The summed E-state index contributed by atoms with van der Waals surface area (Å²) in [6.45, 7) is 5.17. The molecule has 1 aromatic heterocycles. The van der Waals surface area contributed by atoms with Crippen LogP contribution in [0.1, 0.15) is 39.5 Å². The van der Waals surface area contributed by atoms with Gasteiger partial charge in [0.1, 0.15) is 0 Å². The van der Waals surface area contributed by atoms with Gasteiger partial charge in [-0.25, -0.2) is 0 Å². The first-order chi connectivity index (χ1) is 9.76. The van der Waals surface area contributed by atoms with Crippen LogP contribution in [-0.2, 0) is 0 Å². The fourth-order valence-corrected chi connectivity index (χ4v) is 2.39. The van der Waals surface area contributed by atoms with Crippen molar-refractivity contribution in [3.63, 3.8) is 0 Å². The Kier molecular flexibility index (Phi) is 5.22. The predicted octanol–water partition coefficient (Wildman–Crippen LogP) is 4.41. The molecule has 1 atom stereocenters. The molecule has 0 saturated heterocycles. The van der Waals surface area contributed by atoms with Crippen LogP contribution in [0.15, 0.2) is 30.5 Å². The van der Waals surface area contributed by atoms with Crippen LogP contribution in [0.5, 0.6) is 5.75 Å². The molecule has 3 nitrogen and oxygen atoms in total. The Balaban J connectivity index is 2.14. The second-order valence-corrected chi connectivity index (χ2v) is 5.29. The van der Waals surface area contributed by atoms with E-state index in [1.165, 1.54) is 19.3 Å². The molecule has 2 N–H and O–H groups in total. The Morgan fingerprint density at radius 2 is 2.05 bits per heavy atom. The maximum Gasteiger partial charge on any atom is 0.153 e. The number of unbranched alkanes of at least 4 members (excludes halogenated alkanes) is 1. The zero-order valence-corrected chi connectivity index (χ0v) is 12.4. The molecule has 0 aliphatic carbocycles. The molecule has 1 unspecified atom stereocenters. The molecule has 0 radical (unpaired) electrons. The van der Waals surface area contributed by atoms with Crippen LogP contribution in [0.4, 0.5) is 5.69 Å². The van der Waals surface area contributed by atoms with Gasteiger partial charge in [-0.2, -0.15) is 0 Å². The van der Waals surface area contributed by atoms with Gasteiger partial charge in [-0.3, -0.25) is 4.98 Å². The van der Waals surface area contributed by atoms with Crippen LogP contribution in [0.2, 0.25) is 0 Å². The molecule has 0 saturated carbocycles. The lowest BCUT2D eigenvalue weighted by molar-refractivity contribution is 0.236. The maximum atomic E-state index is 6.04. The fraction of sp³-hybridized carbons (Fsp3) is 0.471. The lowest BCUT2D eigenvalue weighted by Crippen LogP contribution is -2.12. The van der Waals surface area contributed by atoms with Crippen molar-refractivity contribution < 1.29 is 4.74 Å². The van der Waals surface area contributed by atoms with Crippen molar-refractivity contribution in [2.45, 2.75) is 39.5 Å². The summed E-state index contributed by atoms with van der Waals surface area (Å²) in [5.74, 6) is 1.38. The van der Waals surface area contributed by atoms with Gasteiger partial charge in [0, 0.05) is 5.39 Å². The number of rotatable bonds is 7. The van der Waals surface area contributed by atoms with Crippen molar-refractivity contribution in [1.82, 2.24) is 4.98 Å². The number of nitrogen functional groups attached to an aromatic ring is 1. The van der Waals surface area contributed by atoms with Crippen molar-refractivity contribution in [2.24, 2.45) is 5.92 Å². The van der Waals surface area contributed by atoms with Crippen molar-refractivity contribution in [2.75, 3.05) is 12.3 Å². The average Bonchev–Trinajstić information content (AvgIpc) is 2.49. The summed E-state index contributed by atoms with van der Waals surface area (Å²) in [5.41, 5.74) is 7.58. The molecule has 0 spiro atoms. The molecule has 1 aromatic carbocycles. The highest BCUT2D eigenvalue weighted by Crippen LogP contribution is 2.30. The number of fused-ring (bicyclic) bond motifs is 1. The first-order valence-electron chi connectivity index (χ1n) is 7.52. The third-order valence-electron chi connectivity index (χ3n) is 3.76. The van der Waals surface area contributed by atoms with Gasteiger partial charge >= 0.3 is 0 Å². The molecule has 0 aliphatic heterocycles. The van der Waals surface area contributed by atoms with E-state index in [1.807, 2.05) is 24.3 Å². The number of para-hydroxylation sites is 1. The summed E-state index contributed by atoms with van der Waals surface area (Å²) in [7, 11) is 0. The number of aromatic nitrogens is 1. The number of anilines is 1. The first-order valence-corrected chi connectivity index (χ1v) is 7.52. The van der Waals surface area contributed by atoms with E-state index in [4.69, 9.17) is 10.5 Å². The number of pyridine rings is 1. The van der Waals surface area contributed by atoms with Crippen molar-refractivity contribution >= 4 is 16.6 Å². The molecule has 3 heteroatoms. The van der Waals surface area contributed by atoms with Crippen LogP contribution >= 0.6 is 0 Å². The van der Waals surface area contributed by atoms with Crippen molar-refractivity contribution in [3.05, 3.63) is 30.5 Å². The first kappa shape index (κ1) is 14.6. The van der Waals surface area contributed by atoms with E-state index in [9.17, 15) is 0 Å². The Labute approximate surface area is 121 Å². The Morgan fingerprint density at radius 1 is 1.25 bits per heavy atom. The number of nitrogens with two attached hydrogens (primary N) is 1. The number of hydrogen-bond donors (Lipinski definition) is 1. The van der Waals surface area contributed by atoms with E-state index in [-0.39, 0.29) is 0 Å². The molecular formula is C17H24N2O. The van der Waals surface area contributed by atoms with E-state index in [1.54, 1.807) is 6.20 Å². The summed E-state index contributed by atoms with van der Waals surface area (Å²) in [6, 6.07) is 7.97. The molecule has 1 heterocycles. The summed E-state index contributed by atoms with van der Waals surface area (Å²) in [6.07, 6.45) is 6.54. The minimum Gasteiger partial charge on any atom is -0.490 e. The summed E-state index contributed by atoms with van der Waals surface area (Å²) >= 11 is 0. The summed E-state index contributed by atoms with van der Waals surface area (Å²) < 4.78 is 6.04. The Hall–Kier alpha value is -1.77. The SMILES string of the molecule is CCCCC(CC)COc1c(N)cnc2ccccc12. The number of nitrogens with zero attached hydrogens (tertiary/aromatic N) is 1. The monoisotopic (exact) mass is 272 g/mol. The number of hydrogen-bond acceptors (Lipinski definition) is 3. The van der Waals surface area contributed by atoms with E-state index in [2.05, 4.69) is 18.8 Å². The molecule has 0 bridgehead atoms. The van der Waals surface area contributed by atoms with E-state index in [0.29, 0.717) is 11.6 Å². The van der Waals surface area contributed by atoms with Crippen LogP contribution < -0.4 is 10.5 Å². The van der Waals surface area contributed by atoms with Gasteiger partial charge in [0.15, 0.2) is 5.75 Å². The minimum atomic E-state index is 0.598. The highest BCUT2D eigenvalue weighted by molar-refractivity contribution is 5.89. The van der Waals surface area contributed by atoms with Crippen LogP contribution in [0.25, 0.3) is 10.9 Å². The number of benzene rings is 1. The van der Waals surface area contributed by atoms with Crippen LogP contribution in [0, 0.1) is 5.92 Å². The van der Waals surface area contributed by atoms with Crippen LogP contribution in [-0.4, -0.2) is 11.6 Å². The van der Waals surface area contributed by atoms with Gasteiger partial charge in [0.05, 0.1) is 24.0 Å². The predicted molar refractivity (Wildman–Crippen MR) is 85.0 cm³/mol. The van der Waals surface area contributed by atoms with Crippen molar-refractivity contribution in [3.8, 4) is 5.75 Å². The van der Waals surface area contributed by atoms with Gasteiger partial charge in [-0.15, -0.1) is 0 Å². The highest BCUT2D eigenvalue weighted by Gasteiger charge is 2.11. The largest absolute Gasteiger partial charge is 0.490 e. The van der Waals surface area contributed by atoms with E-state index < -0.39 is 0 Å². The molecule has 0 fully saturated rings. The molecule has 2 rings (SSSR count). The normalized spacial score (nSPS) is 12.5. The number of ether oxygens (including phenoxy) is 1. The molecule has 0 amide bonds. The second-order valence-electron chi connectivity index (χ2n) is 5.29. The second kappa shape index (κ2) is 7.13. The third-order valence-corrected chi connectivity index (χ3v) is 3.76. The lowest BCUT2D eigenvalue weighted by Gasteiger charge is -2.17. The Bertz CT molecular complexity index is 554. The molecule has 108 valence electrons. The maximum absolute atomic E-state index is 6.04. The smallest absolute Gasteiger partial charge is 0.153 e.